The van der Waals surface area contributed by atoms with Crippen molar-refractivity contribution in [1.29, 1.82) is 0 Å². The molecule has 112 valence electrons. The molecule has 0 aromatic carbocycles. The second-order valence-electron chi connectivity index (χ2n) is 5.41. The summed E-state index contributed by atoms with van der Waals surface area (Å²) in [5.74, 6) is 0.743. The summed E-state index contributed by atoms with van der Waals surface area (Å²) >= 11 is 0. The fourth-order valence-corrected chi connectivity index (χ4v) is 2.40. The van der Waals surface area contributed by atoms with Crippen LogP contribution in [0.2, 0.25) is 0 Å². The summed E-state index contributed by atoms with van der Waals surface area (Å²) in [4.78, 5) is 14.2. The highest BCUT2D eigenvalue weighted by atomic mass is 16.5. The Morgan fingerprint density at radius 1 is 1.32 bits per heavy atom. The topological polar surface area (TPSA) is 50.8 Å². The summed E-state index contributed by atoms with van der Waals surface area (Å²) in [5, 5.41) is 3.42. The van der Waals surface area contributed by atoms with Gasteiger partial charge in [0.2, 0.25) is 5.91 Å². The molecule has 2 atom stereocenters. The Kier molecular flexibility index (Phi) is 7.34. The molecule has 0 radical (unpaired) electrons. The molecule has 1 fully saturated rings. The summed E-state index contributed by atoms with van der Waals surface area (Å²) in [6.45, 7) is 8.79. The minimum absolute atomic E-state index is 0.0241. The van der Waals surface area contributed by atoms with E-state index in [2.05, 4.69) is 26.1 Å². The Bertz CT molecular complexity index is 271. The van der Waals surface area contributed by atoms with Crippen molar-refractivity contribution in [3.8, 4) is 0 Å². The van der Waals surface area contributed by atoms with Crippen LogP contribution in [0.1, 0.15) is 33.6 Å². The highest BCUT2D eigenvalue weighted by molar-refractivity contribution is 5.84. The van der Waals surface area contributed by atoms with E-state index in [1.165, 1.54) is 0 Å². The van der Waals surface area contributed by atoms with Gasteiger partial charge in [-0.25, -0.2) is 0 Å². The van der Waals surface area contributed by atoms with Crippen LogP contribution in [0.3, 0.4) is 0 Å². The molecule has 0 aliphatic carbocycles. The zero-order valence-electron chi connectivity index (χ0n) is 12.6. The van der Waals surface area contributed by atoms with Crippen LogP contribution in [0, 0.1) is 5.92 Å². The van der Waals surface area contributed by atoms with Gasteiger partial charge in [0.25, 0.3) is 0 Å². The van der Waals surface area contributed by atoms with E-state index in [9.17, 15) is 4.79 Å². The lowest BCUT2D eigenvalue weighted by molar-refractivity contribution is -0.131. The van der Waals surface area contributed by atoms with Crippen molar-refractivity contribution in [1.82, 2.24) is 10.2 Å². The first-order valence-electron chi connectivity index (χ1n) is 7.23. The zero-order chi connectivity index (χ0) is 14.3. The first-order valence-corrected chi connectivity index (χ1v) is 7.23. The monoisotopic (exact) mass is 272 g/mol. The minimum atomic E-state index is -0.0241. The average Bonchev–Trinajstić information content (AvgIpc) is 2.66. The van der Waals surface area contributed by atoms with E-state index < -0.39 is 0 Å². The lowest BCUT2D eigenvalue weighted by Crippen LogP contribution is -2.39. The van der Waals surface area contributed by atoms with Crippen molar-refractivity contribution in [3.63, 3.8) is 0 Å². The SMILES string of the molecule is CCC1NC(CC(C)C)C(=O)N1CCOCCOC. The number of carbonyl (C=O) groups is 1. The largest absolute Gasteiger partial charge is 0.382 e. The third kappa shape index (κ3) is 5.09. The third-order valence-corrected chi connectivity index (χ3v) is 3.35. The van der Waals surface area contributed by atoms with Crippen LogP contribution in [0.15, 0.2) is 0 Å². The van der Waals surface area contributed by atoms with Gasteiger partial charge in [0.15, 0.2) is 0 Å². The van der Waals surface area contributed by atoms with Crippen molar-refractivity contribution >= 4 is 5.91 Å². The predicted octanol–water partition coefficient (Wildman–Crippen LogP) is 1.23. The number of amides is 1. The molecule has 5 nitrogen and oxygen atoms in total. The maximum absolute atomic E-state index is 12.3. The van der Waals surface area contributed by atoms with E-state index in [0.29, 0.717) is 32.3 Å². The average molecular weight is 272 g/mol. The van der Waals surface area contributed by atoms with Crippen LogP contribution in [0.4, 0.5) is 0 Å². The summed E-state index contributed by atoms with van der Waals surface area (Å²) in [6.07, 6.45) is 1.98. The van der Waals surface area contributed by atoms with Crippen LogP contribution in [0.5, 0.6) is 0 Å². The van der Waals surface area contributed by atoms with Gasteiger partial charge < -0.3 is 14.4 Å². The van der Waals surface area contributed by atoms with Gasteiger partial charge in [-0.2, -0.15) is 0 Å². The molecule has 0 aromatic heterocycles. The lowest BCUT2D eigenvalue weighted by atomic mass is 10.0. The molecule has 1 heterocycles. The highest BCUT2D eigenvalue weighted by Crippen LogP contribution is 2.18. The molecule has 0 saturated carbocycles. The third-order valence-electron chi connectivity index (χ3n) is 3.35. The van der Waals surface area contributed by atoms with E-state index in [1.54, 1.807) is 7.11 Å². The number of hydrogen-bond acceptors (Lipinski definition) is 4. The highest BCUT2D eigenvalue weighted by Gasteiger charge is 2.37. The first-order chi connectivity index (χ1) is 9.10. The molecule has 1 aliphatic rings. The molecule has 1 amide bonds. The van der Waals surface area contributed by atoms with Crippen LogP contribution >= 0.6 is 0 Å². The second kappa shape index (κ2) is 8.51. The fraction of sp³-hybridized carbons (Fsp3) is 0.929. The maximum Gasteiger partial charge on any atom is 0.241 e. The van der Waals surface area contributed by atoms with Gasteiger partial charge >= 0.3 is 0 Å². The van der Waals surface area contributed by atoms with Gasteiger partial charge in [-0.3, -0.25) is 10.1 Å². The second-order valence-corrected chi connectivity index (χ2v) is 5.41. The van der Waals surface area contributed by atoms with Gasteiger partial charge in [0.1, 0.15) is 0 Å². The van der Waals surface area contributed by atoms with Crippen molar-refractivity contribution in [2.24, 2.45) is 5.92 Å². The Hall–Kier alpha value is -0.650. The van der Waals surface area contributed by atoms with E-state index in [0.717, 1.165) is 12.8 Å². The Morgan fingerprint density at radius 2 is 2.05 bits per heavy atom. The number of nitrogens with one attached hydrogen (secondary N) is 1. The fourth-order valence-electron chi connectivity index (χ4n) is 2.40. The van der Waals surface area contributed by atoms with Crippen molar-refractivity contribution in [2.45, 2.75) is 45.8 Å². The predicted molar refractivity (Wildman–Crippen MR) is 74.9 cm³/mol. The molecule has 5 heteroatoms. The quantitative estimate of drug-likeness (QED) is 0.642. The minimum Gasteiger partial charge on any atom is -0.382 e. The Balaban J connectivity index is 2.39. The molecular formula is C14H28N2O3. The molecule has 19 heavy (non-hydrogen) atoms. The van der Waals surface area contributed by atoms with Crippen molar-refractivity contribution in [2.75, 3.05) is 33.5 Å². The number of carbonyl (C=O) groups excluding carboxylic acids is 1. The van der Waals surface area contributed by atoms with E-state index in [-0.39, 0.29) is 18.1 Å². The Morgan fingerprint density at radius 3 is 2.63 bits per heavy atom. The number of rotatable bonds is 9. The zero-order valence-corrected chi connectivity index (χ0v) is 12.6. The van der Waals surface area contributed by atoms with E-state index in [1.807, 2.05) is 4.90 Å². The van der Waals surface area contributed by atoms with Crippen molar-refractivity contribution in [3.05, 3.63) is 0 Å². The molecule has 1 aliphatic heterocycles. The van der Waals surface area contributed by atoms with Crippen LogP contribution < -0.4 is 5.32 Å². The van der Waals surface area contributed by atoms with Crippen LogP contribution in [-0.2, 0) is 14.3 Å². The first kappa shape index (κ1) is 16.4. The normalized spacial score (nSPS) is 23.6. The van der Waals surface area contributed by atoms with Gasteiger partial charge in [-0.05, 0) is 18.8 Å². The molecular weight excluding hydrogens is 244 g/mol. The summed E-state index contributed by atoms with van der Waals surface area (Å²) in [7, 11) is 1.65. The van der Waals surface area contributed by atoms with Gasteiger partial charge in [-0.15, -0.1) is 0 Å². The molecule has 1 rings (SSSR count). The molecule has 2 unspecified atom stereocenters. The molecule has 1 N–H and O–H groups in total. The summed E-state index contributed by atoms with van der Waals surface area (Å²) in [6, 6.07) is -0.0241. The van der Waals surface area contributed by atoms with Gasteiger partial charge in [-0.1, -0.05) is 20.8 Å². The van der Waals surface area contributed by atoms with E-state index >= 15 is 0 Å². The molecule has 0 bridgehead atoms. The summed E-state index contributed by atoms with van der Waals surface area (Å²) in [5.41, 5.74) is 0. The number of hydrogen-bond donors (Lipinski definition) is 1. The number of nitrogens with zero attached hydrogens (tertiary/aromatic N) is 1. The van der Waals surface area contributed by atoms with Crippen molar-refractivity contribution < 1.29 is 14.3 Å². The van der Waals surface area contributed by atoms with E-state index in [4.69, 9.17) is 9.47 Å². The molecule has 1 saturated heterocycles. The van der Waals surface area contributed by atoms with Gasteiger partial charge in [0.05, 0.1) is 32.0 Å². The number of ether oxygens (including phenoxy) is 2. The number of methoxy groups -OCH3 is 1. The smallest absolute Gasteiger partial charge is 0.241 e. The molecule has 0 aromatic rings. The Labute approximate surface area is 116 Å². The standard InChI is InChI=1S/C14H28N2O3/c1-5-13-15-12(10-11(2)3)14(17)16(13)6-7-19-9-8-18-4/h11-13,15H,5-10H2,1-4H3. The van der Waals surface area contributed by atoms with Crippen LogP contribution in [0.25, 0.3) is 0 Å². The summed E-state index contributed by atoms with van der Waals surface area (Å²) < 4.78 is 10.4. The van der Waals surface area contributed by atoms with Gasteiger partial charge in [0, 0.05) is 13.7 Å². The lowest BCUT2D eigenvalue weighted by Gasteiger charge is -2.22. The van der Waals surface area contributed by atoms with Crippen LogP contribution in [-0.4, -0.2) is 56.5 Å². The maximum atomic E-state index is 12.3. The molecule has 0 spiro atoms.